The number of ether oxygens (including phenoxy) is 1. The standard InChI is InChI=1S/C17H18O3/c18-16(12-6-9-20-17(10-12)7-3-8-17)14-11-19-15-5-2-1-4-13(14)15/h1-2,4-5,11-12H,3,6-10H2. The molecule has 1 unspecified atom stereocenters. The van der Waals surface area contributed by atoms with Crippen molar-refractivity contribution in [1.29, 1.82) is 0 Å². The number of carbonyl (C=O) groups excluding carboxylic acids is 1. The first-order chi connectivity index (χ1) is 9.77. The molecule has 0 radical (unpaired) electrons. The molecule has 1 aromatic heterocycles. The van der Waals surface area contributed by atoms with Crippen LogP contribution in [0.2, 0.25) is 0 Å². The van der Waals surface area contributed by atoms with E-state index in [1.54, 1.807) is 6.26 Å². The second-order valence-corrected chi connectivity index (χ2v) is 6.08. The van der Waals surface area contributed by atoms with Gasteiger partial charge in [-0.2, -0.15) is 0 Å². The predicted octanol–water partition coefficient (Wildman–Crippen LogP) is 3.96. The van der Waals surface area contributed by atoms with Crippen molar-refractivity contribution in [2.45, 2.75) is 37.7 Å². The number of Topliss-reactive ketones (excluding diaryl/α,β-unsaturated/α-hetero) is 1. The fourth-order valence-corrected chi connectivity index (χ4v) is 3.56. The van der Waals surface area contributed by atoms with E-state index in [9.17, 15) is 4.79 Å². The van der Waals surface area contributed by atoms with Gasteiger partial charge in [-0.05, 0) is 38.2 Å². The Morgan fingerprint density at radius 3 is 2.90 bits per heavy atom. The number of rotatable bonds is 2. The molecule has 2 aromatic rings. The van der Waals surface area contributed by atoms with Crippen LogP contribution in [0.25, 0.3) is 11.0 Å². The van der Waals surface area contributed by atoms with Gasteiger partial charge in [0.05, 0.1) is 11.2 Å². The average molecular weight is 270 g/mol. The maximum atomic E-state index is 12.8. The van der Waals surface area contributed by atoms with Crippen LogP contribution in [0.1, 0.15) is 42.5 Å². The van der Waals surface area contributed by atoms with Gasteiger partial charge >= 0.3 is 0 Å². The van der Waals surface area contributed by atoms with Gasteiger partial charge in [-0.1, -0.05) is 18.2 Å². The number of furan rings is 1. The molecule has 0 amide bonds. The lowest BCUT2D eigenvalue weighted by Gasteiger charge is -2.46. The van der Waals surface area contributed by atoms with Crippen LogP contribution in [-0.2, 0) is 4.74 Å². The maximum Gasteiger partial charge on any atom is 0.169 e. The van der Waals surface area contributed by atoms with Crippen molar-refractivity contribution in [2.75, 3.05) is 6.61 Å². The molecule has 1 spiro atoms. The molecule has 1 aliphatic carbocycles. The van der Waals surface area contributed by atoms with Crippen molar-refractivity contribution in [1.82, 2.24) is 0 Å². The average Bonchev–Trinajstić information content (AvgIpc) is 2.89. The van der Waals surface area contributed by atoms with E-state index in [1.165, 1.54) is 6.42 Å². The molecule has 3 heteroatoms. The van der Waals surface area contributed by atoms with E-state index in [0.717, 1.165) is 42.2 Å². The summed E-state index contributed by atoms with van der Waals surface area (Å²) >= 11 is 0. The summed E-state index contributed by atoms with van der Waals surface area (Å²) in [4.78, 5) is 12.8. The zero-order valence-corrected chi connectivity index (χ0v) is 11.4. The lowest BCUT2D eigenvalue weighted by Crippen LogP contribution is -2.47. The molecule has 3 nitrogen and oxygen atoms in total. The van der Waals surface area contributed by atoms with Gasteiger partial charge in [0.25, 0.3) is 0 Å². The zero-order chi connectivity index (χ0) is 13.6. The fraction of sp³-hybridized carbons (Fsp3) is 0.471. The van der Waals surface area contributed by atoms with Crippen molar-refractivity contribution < 1.29 is 13.9 Å². The Balaban J connectivity index is 1.63. The van der Waals surface area contributed by atoms with E-state index in [-0.39, 0.29) is 17.3 Å². The molecule has 2 fully saturated rings. The molecule has 2 aliphatic rings. The second-order valence-electron chi connectivity index (χ2n) is 6.08. The summed E-state index contributed by atoms with van der Waals surface area (Å²) in [6.07, 6.45) is 6.79. The van der Waals surface area contributed by atoms with E-state index in [1.807, 2.05) is 24.3 Å². The van der Waals surface area contributed by atoms with Crippen LogP contribution in [0.3, 0.4) is 0 Å². The first-order valence-electron chi connectivity index (χ1n) is 7.42. The highest BCUT2D eigenvalue weighted by Crippen LogP contribution is 2.45. The molecular weight excluding hydrogens is 252 g/mol. The van der Waals surface area contributed by atoms with Crippen LogP contribution in [-0.4, -0.2) is 18.0 Å². The first-order valence-corrected chi connectivity index (χ1v) is 7.42. The Bertz CT molecular complexity index is 651. The number of fused-ring (bicyclic) bond motifs is 1. The van der Waals surface area contributed by atoms with Gasteiger partial charge in [0.1, 0.15) is 11.8 Å². The molecule has 2 heterocycles. The van der Waals surface area contributed by atoms with Crippen LogP contribution in [0.5, 0.6) is 0 Å². The Kier molecular flexibility index (Phi) is 2.71. The molecule has 1 saturated heterocycles. The van der Waals surface area contributed by atoms with Gasteiger partial charge in [-0.25, -0.2) is 0 Å². The third-order valence-corrected chi connectivity index (χ3v) is 4.87. The number of hydrogen-bond donors (Lipinski definition) is 0. The molecule has 1 saturated carbocycles. The van der Waals surface area contributed by atoms with Gasteiger partial charge in [0.2, 0.25) is 0 Å². The van der Waals surface area contributed by atoms with Gasteiger partial charge in [-0.3, -0.25) is 4.79 Å². The molecule has 0 N–H and O–H groups in total. The highest BCUT2D eigenvalue weighted by molar-refractivity contribution is 6.08. The monoisotopic (exact) mass is 270 g/mol. The predicted molar refractivity (Wildman–Crippen MR) is 75.8 cm³/mol. The number of hydrogen-bond acceptors (Lipinski definition) is 3. The van der Waals surface area contributed by atoms with Gasteiger partial charge in [-0.15, -0.1) is 0 Å². The summed E-state index contributed by atoms with van der Waals surface area (Å²) in [7, 11) is 0. The minimum atomic E-state index is 0.0120. The molecule has 1 aliphatic heterocycles. The number of ketones is 1. The van der Waals surface area contributed by atoms with Gasteiger partial charge < -0.3 is 9.15 Å². The van der Waals surface area contributed by atoms with E-state index in [2.05, 4.69) is 0 Å². The van der Waals surface area contributed by atoms with Crippen LogP contribution in [0.4, 0.5) is 0 Å². The van der Waals surface area contributed by atoms with Crippen molar-refractivity contribution in [3.63, 3.8) is 0 Å². The van der Waals surface area contributed by atoms with Crippen molar-refractivity contribution in [2.24, 2.45) is 5.92 Å². The second kappa shape index (κ2) is 4.45. The van der Waals surface area contributed by atoms with Crippen LogP contribution >= 0.6 is 0 Å². The lowest BCUT2D eigenvalue weighted by molar-refractivity contribution is -0.137. The van der Waals surface area contributed by atoms with E-state index >= 15 is 0 Å². The molecule has 1 aromatic carbocycles. The van der Waals surface area contributed by atoms with E-state index in [4.69, 9.17) is 9.15 Å². The Morgan fingerprint density at radius 2 is 2.10 bits per heavy atom. The van der Waals surface area contributed by atoms with Crippen molar-refractivity contribution in [3.8, 4) is 0 Å². The van der Waals surface area contributed by atoms with Crippen LogP contribution in [0, 0.1) is 5.92 Å². The summed E-state index contributed by atoms with van der Waals surface area (Å²) in [6, 6.07) is 7.75. The summed E-state index contributed by atoms with van der Waals surface area (Å²) in [5, 5.41) is 0.937. The lowest BCUT2D eigenvalue weighted by atomic mass is 9.70. The summed E-state index contributed by atoms with van der Waals surface area (Å²) in [5.41, 5.74) is 1.54. The third-order valence-electron chi connectivity index (χ3n) is 4.87. The molecule has 4 rings (SSSR count). The first kappa shape index (κ1) is 12.2. The Morgan fingerprint density at radius 1 is 1.25 bits per heavy atom. The number of carbonyl (C=O) groups is 1. The molecular formula is C17H18O3. The van der Waals surface area contributed by atoms with Gasteiger partial charge in [0.15, 0.2) is 5.78 Å². The molecule has 1 atom stereocenters. The normalized spacial score (nSPS) is 24.7. The minimum Gasteiger partial charge on any atom is -0.464 e. The summed E-state index contributed by atoms with van der Waals surface area (Å²) in [6.45, 7) is 0.714. The Hall–Kier alpha value is -1.61. The van der Waals surface area contributed by atoms with Gasteiger partial charge in [0, 0.05) is 17.9 Å². The van der Waals surface area contributed by atoms with Crippen molar-refractivity contribution >= 4 is 16.8 Å². The quantitative estimate of drug-likeness (QED) is 0.775. The smallest absolute Gasteiger partial charge is 0.169 e. The van der Waals surface area contributed by atoms with Crippen LogP contribution in [0.15, 0.2) is 34.9 Å². The Labute approximate surface area is 117 Å². The third kappa shape index (κ3) is 1.80. The zero-order valence-electron chi connectivity index (χ0n) is 11.4. The largest absolute Gasteiger partial charge is 0.464 e. The highest BCUT2D eigenvalue weighted by Gasteiger charge is 2.44. The molecule has 104 valence electrons. The van der Waals surface area contributed by atoms with E-state index < -0.39 is 0 Å². The SMILES string of the molecule is O=C(c1coc2ccccc12)C1CCOC2(CCC2)C1. The van der Waals surface area contributed by atoms with E-state index in [0.29, 0.717) is 6.61 Å². The maximum absolute atomic E-state index is 12.8. The number of para-hydroxylation sites is 1. The van der Waals surface area contributed by atoms with Crippen LogP contribution < -0.4 is 0 Å². The van der Waals surface area contributed by atoms with Crippen molar-refractivity contribution in [3.05, 3.63) is 36.1 Å². The number of benzene rings is 1. The highest BCUT2D eigenvalue weighted by atomic mass is 16.5. The minimum absolute atomic E-state index is 0.0120. The summed E-state index contributed by atoms with van der Waals surface area (Å²) in [5.74, 6) is 0.314. The molecule has 0 bridgehead atoms. The molecule has 20 heavy (non-hydrogen) atoms. The fourth-order valence-electron chi connectivity index (χ4n) is 3.56. The summed E-state index contributed by atoms with van der Waals surface area (Å²) < 4.78 is 11.4. The topological polar surface area (TPSA) is 39.4 Å².